The van der Waals surface area contributed by atoms with Crippen LogP contribution in [0.4, 0.5) is 4.79 Å². The maximum absolute atomic E-state index is 11.5. The molecular formula is C13H23NO4. The Balaban J connectivity index is 2.46. The Hall–Kier alpha value is -1.26. The normalized spacial score (nSPS) is 18.4. The van der Waals surface area contributed by atoms with Gasteiger partial charge in [0.25, 0.3) is 0 Å². The number of rotatable bonds is 5. The highest BCUT2D eigenvalue weighted by Crippen LogP contribution is 2.26. The van der Waals surface area contributed by atoms with Crippen molar-refractivity contribution in [3.05, 3.63) is 0 Å². The Kier molecular flexibility index (Phi) is 5.95. The first-order valence-electron chi connectivity index (χ1n) is 6.66. The van der Waals surface area contributed by atoms with E-state index in [1.54, 1.807) is 0 Å². The van der Waals surface area contributed by atoms with Crippen LogP contribution in [-0.2, 0) is 9.53 Å². The number of aliphatic carboxylic acids is 1. The van der Waals surface area contributed by atoms with E-state index in [9.17, 15) is 14.7 Å². The molecule has 0 heterocycles. The van der Waals surface area contributed by atoms with Crippen LogP contribution in [0, 0.1) is 11.8 Å². The summed E-state index contributed by atoms with van der Waals surface area (Å²) in [6.45, 7) is 4.18. The van der Waals surface area contributed by atoms with Crippen LogP contribution in [0.3, 0.4) is 0 Å². The zero-order valence-electron chi connectivity index (χ0n) is 11.1. The van der Waals surface area contributed by atoms with E-state index in [0.717, 1.165) is 32.1 Å². The van der Waals surface area contributed by atoms with E-state index >= 15 is 0 Å². The number of carbonyl (C=O) groups is 2. The molecule has 0 spiro atoms. The van der Waals surface area contributed by atoms with Gasteiger partial charge in [0, 0.05) is 0 Å². The fourth-order valence-electron chi connectivity index (χ4n) is 2.26. The molecule has 0 radical (unpaired) electrons. The first kappa shape index (κ1) is 14.8. The first-order valence-corrected chi connectivity index (χ1v) is 6.66. The summed E-state index contributed by atoms with van der Waals surface area (Å²) in [7, 11) is 0. The van der Waals surface area contributed by atoms with Crippen molar-refractivity contribution in [1.82, 2.24) is 5.32 Å². The molecule has 0 aromatic heterocycles. The number of carboxylic acids is 1. The molecule has 1 saturated carbocycles. The zero-order valence-corrected chi connectivity index (χ0v) is 11.1. The standard InChI is InChI=1S/C13H23NO4/c1-9(2)8-18-13(17)14-11(12(15)16)10-6-4-3-5-7-10/h9-11H,3-8H2,1-2H3,(H,14,17)(H,15,16)/t11-/m0/s1. The van der Waals surface area contributed by atoms with E-state index in [2.05, 4.69) is 5.32 Å². The van der Waals surface area contributed by atoms with Crippen molar-refractivity contribution >= 4 is 12.1 Å². The van der Waals surface area contributed by atoms with Gasteiger partial charge in [0.05, 0.1) is 6.61 Å². The summed E-state index contributed by atoms with van der Waals surface area (Å²) in [6, 6.07) is -0.815. The van der Waals surface area contributed by atoms with Gasteiger partial charge >= 0.3 is 12.1 Å². The molecule has 5 nitrogen and oxygen atoms in total. The molecule has 0 saturated heterocycles. The van der Waals surface area contributed by atoms with Gasteiger partial charge in [0.1, 0.15) is 6.04 Å². The molecule has 0 bridgehead atoms. The molecule has 104 valence electrons. The highest BCUT2D eigenvalue weighted by Gasteiger charge is 2.31. The second-order valence-electron chi connectivity index (χ2n) is 5.35. The summed E-state index contributed by atoms with van der Waals surface area (Å²) in [4.78, 5) is 22.7. The Morgan fingerprint density at radius 1 is 1.28 bits per heavy atom. The monoisotopic (exact) mass is 257 g/mol. The minimum Gasteiger partial charge on any atom is -0.480 e. The molecule has 5 heteroatoms. The number of hydrogen-bond acceptors (Lipinski definition) is 3. The molecule has 1 rings (SSSR count). The molecule has 1 aliphatic rings. The summed E-state index contributed by atoms with van der Waals surface area (Å²) < 4.78 is 4.96. The lowest BCUT2D eigenvalue weighted by atomic mass is 9.84. The van der Waals surface area contributed by atoms with Crippen LogP contribution in [0.15, 0.2) is 0 Å². The van der Waals surface area contributed by atoms with Gasteiger partial charge in [0.2, 0.25) is 0 Å². The van der Waals surface area contributed by atoms with Crippen LogP contribution < -0.4 is 5.32 Å². The number of amides is 1. The number of hydrogen-bond donors (Lipinski definition) is 2. The van der Waals surface area contributed by atoms with Crippen molar-refractivity contribution in [2.75, 3.05) is 6.61 Å². The fourth-order valence-corrected chi connectivity index (χ4v) is 2.26. The average Bonchev–Trinajstić information content (AvgIpc) is 2.34. The third-order valence-electron chi connectivity index (χ3n) is 3.21. The van der Waals surface area contributed by atoms with Crippen molar-refractivity contribution < 1.29 is 19.4 Å². The van der Waals surface area contributed by atoms with Gasteiger partial charge in [-0.15, -0.1) is 0 Å². The summed E-state index contributed by atoms with van der Waals surface area (Å²) in [5.74, 6) is -0.694. The summed E-state index contributed by atoms with van der Waals surface area (Å²) in [6.07, 6.45) is 4.33. The lowest BCUT2D eigenvalue weighted by Crippen LogP contribution is -2.46. The Morgan fingerprint density at radius 3 is 2.39 bits per heavy atom. The third kappa shape index (κ3) is 4.94. The molecule has 1 atom stereocenters. The molecule has 18 heavy (non-hydrogen) atoms. The maximum atomic E-state index is 11.5. The van der Waals surface area contributed by atoms with Crippen molar-refractivity contribution in [1.29, 1.82) is 0 Å². The van der Waals surface area contributed by atoms with Crippen LogP contribution in [0.2, 0.25) is 0 Å². The topological polar surface area (TPSA) is 75.6 Å². The molecule has 0 unspecified atom stereocenters. The highest BCUT2D eigenvalue weighted by molar-refractivity contribution is 5.80. The number of carboxylic acid groups (broad SMARTS) is 1. The van der Waals surface area contributed by atoms with Crippen molar-refractivity contribution in [2.24, 2.45) is 11.8 Å². The van der Waals surface area contributed by atoms with Crippen molar-refractivity contribution in [3.63, 3.8) is 0 Å². The van der Waals surface area contributed by atoms with Crippen LogP contribution >= 0.6 is 0 Å². The molecule has 1 aliphatic carbocycles. The number of ether oxygens (including phenoxy) is 1. The van der Waals surface area contributed by atoms with Crippen LogP contribution in [0.5, 0.6) is 0 Å². The molecule has 1 fully saturated rings. The predicted molar refractivity (Wildman–Crippen MR) is 67.3 cm³/mol. The Bertz CT molecular complexity index is 285. The quantitative estimate of drug-likeness (QED) is 0.793. The minimum atomic E-state index is -0.969. The maximum Gasteiger partial charge on any atom is 0.407 e. The lowest BCUT2D eigenvalue weighted by Gasteiger charge is -2.27. The second-order valence-corrected chi connectivity index (χ2v) is 5.35. The van der Waals surface area contributed by atoms with E-state index in [0.29, 0.717) is 6.61 Å². The Morgan fingerprint density at radius 2 is 1.89 bits per heavy atom. The lowest BCUT2D eigenvalue weighted by molar-refractivity contribution is -0.141. The number of alkyl carbamates (subject to hydrolysis) is 1. The predicted octanol–water partition coefficient (Wildman–Crippen LogP) is 2.40. The van der Waals surface area contributed by atoms with E-state index in [1.807, 2.05) is 13.8 Å². The highest BCUT2D eigenvalue weighted by atomic mass is 16.5. The molecule has 1 amide bonds. The molecule has 0 aliphatic heterocycles. The summed E-state index contributed by atoms with van der Waals surface area (Å²) in [5, 5.41) is 11.7. The first-order chi connectivity index (χ1) is 8.50. The zero-order chi connectivity index (χ0) is 13.5. The Labute approximate surface area is 108 Å². The van der Waals surface area contributed by atoms with Gasteiger partial charge in [-0.3, -0.25) is 0 Å². The smallest absolute Gasteiger partial charge is 0.407 e. The van der Waals surface area contributed by atoms with Gasteiger partial charge in [0.15, 0.2) is 0 Å². The van der Waals surface area contributed by atoms with Gasteiger partial charge < -0.3 is 15.2 Å². The van der Waals surface area contributed by atoms with E-state index in [-0.39, 0.29) is 11.8 Å². The fraction of sp³-hybridized carbons (Fsp3) is 0.846. The molecule has 0 aromatic carbocycles. The van der Waals surface area contributed by atoms with Crippen LogP contribution in [0.25, 0.3) is 0 Å². The van der Waals surface area contributed by atoms with Gasteiger partial charge in [-0.1, -0.05) is 33.1 Å². The van der Waals surface area contributed by atoms with E-state index < -0.39 is 18.1 Å². The summed E-state index contributed by atoms with van der Waals surface area (Å²) in [5.41, 5.74) is 0. The van der Waals surface area contributed by atoms with Gasteiger partial charge in [-0.05, 0) is 24.7 Å². The van der Waals surface area contributed by atoms with Crippen molar-refractivity contribution in [2.45, 2.75) is 52.0 Å². The SMILES string of the molecule is CC(C)COC(=O)N[C@H](C(=O)O)C1CCCCC1. The minimum absolute atomic E-state index is 0.0304. The molecule has 2 N–H and O–H groups in total. The molecule has 0 aromatic rings. The second kappa shape index (κ2) is 7.24. The summed E-state index contributed by atoms with van der Waals surface area (Å²) >= 11 is 0. The van der Waals surface area contributed by atoms with Gasteiger partial charge in [-0.25, -0.2) is 9.59 Å². The number of nitrogens with one attached hydrogen (secondary N) is 1. The average molecular weight is 257 g/mol. The van der Waals surface area contributed by atoms with Crippen molar-refractivity contribution in [3.8, 4) is 0 Å². The van der Waals surface area contributed by atoms with Crippen LogP contribution in [-0.4, -0.2) is 29.8 Å². The molecular weight excluding hydrogens is 234 g/mol. The van der Waals surface area contributed by atoms with Gasteiger partial charge in [-0.2, -0.15) is 0 Å². The van der Waals surface area contributed by atoms with E-state index in [1.165, 1.54) is 0 Å². The third-order valence-corrected chi connectivity index (χ3v) is 3.21. The largest absolute Gasteiger partial charge is 0.480 e. The van der Waals surface area contributed by atoms with E-state index in [4.69, 9.17) is 4.74 Å². The van der Waals surface area contributed by atoms with Crippen LogP contribution in [0.1, 0.15) is 46.0 Å². The number of carbonyl (C=O) groups excluding carboxylic acids is 1.